The first-order valence-electron chi connectivity index (χ1n) is 18.9. The number of thiazole rings is 1. The van der Waals surface area contributed by atoms with Gasteiger partial charge in [-0.1, -0.05) is 111 Å². The average Bonchev–Trinajstić information content (AvgIpc) is 3.50. The van der Waals surface area contributed by atoms with Crippen LogP contribution >= 0.6 is 11.3 Å². The molecule has 1 N–H and O–H groups in total. The molecule has 0 saturated heterocycles. The molecule has 0 spiro atoms. The molecule has 0 fully saturated rings. The summed E-state index contributed by atoms with van der Waals surface area (Å²) in [7, 11) is 0. The molecule has 7 heteroatoms. The molecule has 0 atom stereocenters. The van der Waals surface area contributed by atoms with Crippen molar-refractivity contribution in [3.05, 3.63) is 94.6 Å². The number of allylic oxidation sites excluding steroid dienone is 2. The van der Waals surface area contributed by atoms with Crippen molar-refractivity contribution in [2.24, 2.45) is 17.3 Å². The molecule has 0 amide bonds. The number of carbonyl (C=O) groups is 1. The second kappa shape index (κ2) is 18.4. The van der Waals surface area contributed by atoms with Crippen LogP contribution in [0.4, 0.5) is 4.39 Å². The van der Waals surface area contributed by atoms with Crippen molar-refractivity contribution in [2.75, 3.05) is 0 Å². The van der Waals surface area contributed by atoms with Gasteiger partial charge < -0.3 is 5.11 Å². The van der Waals surface area contributed by atoms with Crippen molar-refractivity contribution in [1.29, 1.82) is 0 Å². The van der Waals surface area contributed by atoms with Crippen LogP contribution in [0.3, 0.4) is 0 Å². The van der Waals surface area contributed by atoms with Crippen molar-refractivity contribution >= 4 is 38.1 Å². The number of aliphatic hydroxyl groups excluding tert-OH is 1. The summed E-state index contributed by atoms with van der Waals surface area (Å²) >= 11 is 1.52. The number of rotatable bonds is 10. The standard InChI is InChI=1S/C33H34FN2S.C13H24O2.Ir/c1-19-13-21(17-32(3,4)5)14-20(2)27(19)31-36-29-26(34)18-35-28(30(29)37-31)23-15-22-11-9-10-12-24(22)25(16-23)33(6,7)8;1-5-10(6-2)12(14)9-13(15)11(7-3)8-4;/h9-14,16,18H,17H2,1-8H3;9-11,14H,5-8H2,1-4H3;/q-1;;/b;12-9-;. The maximum absolute atomic E-state index is 15.1. The fourth-order valence-electron chi connectivity index (χ4n) is 7.05. The van der Waals surface area contributed by atoms with Crippen molar-refractivity contribution < 1.29 is 34.4 Å². The molecule has 0 bridgehead atoms. The zero-order valence-electron chi connectivity index (χ0n) is 33.8. The van der Waals surface area contributed by atoms with Crippen LogP contribution in [-0.2, 0) is 36.7 Å². The molecule has 5 aromatic rings. The van der Waals surface area contributed by atoms with Crippen LogP contribution in [0, 0.1) is 43.0 Å². The summed E-state index contributed by atoms with van der Waals surface area (Å²) < 4.78 is 15.8. The number of benzene rings is 3. The third-order valence-electron chi connectivity index (χ3n) is 9.84. The van der Waals surface area contributed by atoms with Crippen LogP contribution in [0.5, 0.6) is 0 Å². The number of carbonyl (C=O) groups excluding carboxylic acids is 1. The number of aromatic nitrogens is 2. The summed E-state index contributed by atoms with van der Waals surface area (Å²) in [4.78, 5) is 21.1. The second-order valence-corrected chi connectivity index (χ2v) is 17.4. The predicted molar refractivity (Wildman–Crippen MR) is 220 cm³/mol. The summed E-state index contributed by atoms with van der Waals surface area (Å²) in [5.41, 5.74) is 8.09. The predicted octanol–water partition coefficient (Wildman–Crippen LogP) is 13.5. The number of halogens is 1. The Balaban J connectivity index is 0.000000403. The van der Waals surface area contributed by atoms with Gasteiger partial charge in [0.25, 0.3) is 0 Å². The van der Waals surface area contributed by atoms with Gasteiger partial charge in [0.2, 0.25) is 0 Å². The van der Waals surface area contributed by atoms with Gasteiger partial charge in [0.05, 0.1) is 16.7 Å². The monoisotopic (exact) mass is 914 g/mol. The molecule has 2 heterocycles. The summed E-state index contributed by atoms with van der Waals surface area (Å²) in [5, 5.41) is 12.8. The number of fused-ring (bicyclic) bond motifs is 2. The van der Waals surface area contributed by atoms with Crippen LogP contribution < -0.4 is 0 Å². The van der Waals surface area contributed by atoms with E-state index in [9.17, 15) is 9.90 Å². The average molecular weight is 914 g/mol. The normalized spacial score (nSPS) is 12.3. The number of aryl methyl sites for hydroxylation is 2. The summed E-state index contributed by atoms with van der Waals surface area (Å²) in [6.45, 7) is 25.7. The Hall–Kier alpha value is -3.25. The third-order valence-corrected chi connectivity index (χ3v) is 10.9. The van der Waals surface area contributed by atoms with E-state index in [-0.39, 0.29) is 54.3 Å². The molecule has 0 saturated carbocycles. The number of pyridine rings is 1. The molecular formula is C46H58FIrN2O2S-. The molecular weight excluding hydrogens is 856 g/mol. The van der Waals surface area contributed by atoms with Crippen molar-refractivity contribution in [3.63, 3.8) is 0 Å². The van der Waals surface area contributed by atoms with Gasteiger partial charge in [-0.05, 0) is 73.5 Å². The molecule has 53 heavy (non-hydrogen) atoms. The van der Waals surface area contributed by atoms with Crippen LogP contribution in [-0.4, -0.2) is 20.9 Å². The minimum absolute atomic E-state index is 0. The zero-order valence-corrected chi connectivity index (χ0v) is 37.0. The van der Waals surface area contributed by atoms with E-state index in [1.165, 1.54) is 51.2 Å². The Kier molecular flexibility index (Phi) is 15.3. The fraction of sp³-hybridized carbons (Fsp3) is 0.457. The topological polar surface area (TPSA) is 63.1 Å². The van der Waals surface area contributed by atoms with Gasteiger partial charge >= 0.3 is 0 Å². The third kappa shape index (κ3) is 10.7. The van der Waals surface area contributed by atoms with Crippen LogP contribution in [0.25, 0.3) is 42.8 Å². The van der Waals surface area contributed by atoms with E-state index in [4.69, 9.17) is 4.98 Å². The Morgan fingerprint density at radius 2 is 1.51 bits per heavy atom. The minimum Gasteiger partial charge on any atom is -0.512 e. The van der Waals surface area contributed by atoms with E-state index in [1.54, 1.807) is 0 Å². The molecule has 0 unspecified atom stereocenters. The van der Waals surface area contributed by atoms with Gasteiger partial charge in [0.1, 0.15) is 10.5 Å². The summed E-state index contributed by atoms with van der Waals surface area (Å²) in [6.07, 6.45) is 7.21. The van der Waals surface area contributed by atoms with E-state index in [1.807, 2.05) is 33.8 Å². The van der Waals surface area contributed by atoms with Gasteiger partial charge in [0, 0.05) is 49.3 Å². The number of hydrogen-bond donors (Lipinski definition) is 1. The molecule has 0 aliphatic carbocycles. The minimum atomic E-state index is -0.391. The molecule has 2 aromatic heterocycles. The van der Waals surface area contributed by atoms with Crippen LogP contribution in [0.2, 0.25) is 0 Å². The van der Waals surface area contributed by atoms with Gasteiger partial charge in [-0.2, -0.15) is 0 Å². The number of aliphatic hydroxyl groups is 1. The van der Waals surface area contributed by atoms with Gasteiger partial charge in [-0.3, -0.25) is 9.78 Å². The van der Waals surface area contributed by atoms with E-state index in [0.29, 0.717) is 5.52 Å². The van der Waals surface area contributed by atoms with Gasteiger partial charge in [-0.15, -0.1) is 40.5 Å². The maximum atomic E-state index is 15.1. The van der Waals surface area contributed by atoms with E-state index < -0.39 is 5.82 Å². The first kappa shape index (κ1) is 44.1. The summed E-state index contributed by atoms with van der Waals surface area (Å²) in [5.74, 6) is 0.156. The summed E-state index contributed by atoms with van der Waals surface area (Å²) in [6, 6.07) is 18.5. The first-order valence-corrected chi connectivity index (χ1v) is 19.7. The number of ketones is 1. The quantitative estimate of drug-likeness (QED) is 0.0861. The van der Waals surface area contributed by atoms with E-state index >= 15 is 4.39 Å². The van der Waals surface area contributed by atoms with Gasteiger partial charge in [-0.25, -0.2) is 9.37 Å². The largest absolute Gasteiger partial charge is 0.512 e. The fourth-order valence-corrected chi connectivity index (χ4v) is 8.30. The second-order valence-electron chi connectivity index (χ2n) is 16.4. The van der Waals surface area contributed by atoms with Crippen molar-refractivity contribution in [1.82, 2.24) is 9.97 Å². The molecule has 0 aliphatic heterocycles. The van der Waals surface area contributed by atoms with Crippen molar-refractivity contribution in [3.8, 4) is 21.8 Å². The molecule has 4 nitrogen and oxygen atoms in total. The SMILES string of the molecule is CCC(CC)C(=O)/C=C(\O)C(CC)CC.Cc1cc(CC(C)(C)C)cc(C)c1-c1nc2c(F)cnc(-c3[c-]c4ccccc4c(C(C)(C)C)c3)c2s1.[Ir]. The Morgan fingerprint density at radius 3 is 2.06 bits per heavy atom. The van der Waals surface area contributed by atoms with Crippen molar-refractivity contribution in [2.45, 2.75) is 121 Å². The molecule has 3 aromatic carbocycles. The first-order chi connectivity index (χ1) is 24.4. The van der Waals surface area contributed by atoms with Crippen LogP contribution in [0.15, 0.2) is 60.5 Å². The zero-order chi connectivity index (χ0) is 38.5. The number of hydrogen-bond acceptors (Lipinski definition) is 5. The Morgan fingerprint density at radius 1 is 0.925 bits per heavy atom. The molecule has 0 aliphatic rings. The molecule has 1 radical (unpaired) electrons. The Labute approximate surface area is 335 Å². The maximum Gasteiger partial charge on any atom is 0.167 e. The van der Waals surface area contributed by atoms with E-state index in [0.717, 1.165) is 64.0 Å². The van der Waals surface area contributed by atoms with Gasteiger partial charge in [0.15, 0.2) is 11.6 Å². The number of nitrogens with zero attached hydrogens (tertiary/aromatic N) is 2. The van der Waals surface area contributed by atoms with Crippen LogP contribution in [0.1, 0.15) is 117 Å². The molecule has 5 rings (SSSR count). The molecule has 287 valence electrons. The smallest absolute Gasteiger partial charge is 0.167 e. The van der Waals surface area contributed by atoms with E-state index in [2.05, 4.69) is 103 Å². The Bertz CT molecular complexity index is 2040.